The van der Waals surface area contributed by atoms with Crippen molar-refractivity contribution >= 4 is 31.0 Å². The van der Waals surface area contributed by atoms with Gasteiger partial charge >= 0.3 is 18.3 Å². The Morgan fingerprint density at radius 3 is 2.50 bits per heavy atom. The number of nitrogens with zero attached hydrogens (tertiary/aromatic N) is 5. The molecule has 1 rings (SSSR count). The first-order valence-electron chi connectivity index (χ1n) is 8.95. The Bertz CT molecular complexity index is 584. The standard InChI is InChI=1S/C16H28N6O6/c1-5-7-8-13(6-2)9-28-16(25)22(20-11-17-10-18-12-20)21(15(24)27-4)19-14(23)26-3/h10-11,13H,5-9,12H2,1-4H3,(H,19,23). The molecule has 12 nitrogen and oxygen atoms in total. The highest BCUT2D eigenvalue weighted by Crippen LogP contribution is 2.15. The Morgan fingerprint density at radius 2 is 1.96 bits per heavy atom. The average molecular weight is 400 g/mol. The van der Waals surface area contributed by atoms with Gasteiger partial charge in [0.05, 0.1) is 20.8 Å². The summed E-state index contributed by atoms with van der Waals surface area (Å²) in [4.78, 5) is 44.3. The molecule has 0 radical (unpaired) electrons. The highest BCUT2D eigenvalue weighted by atomic mass is 16.6. The second-order valence-electron chi connectivity index (χ2n) is 5.81. The molecule has 0 aromatic heterocycles. The lowest BCUT2D eigenvalue weighted by atomic mass is 10.0. The van der Waals surface area contributed by atoms with Gasteiger partial charge in [-0.3, -0.25) is 0 Å². The van der Waals surface area contributed by atoms with Gasteiger partial charge in [-0.1, -0.05) is 43.3 Å². The molecule has 0 saturated heterocycles. The van der Waals surface area contributed by atoms with Crippen LogP contribution >= 0.6 is 0 Å². The topological polar surface area (TPSA) is 125 Å². The van der Waals surface area contributed by atoms with E-state index in [0.717, 1.165) is 45.0 Å². The SMILES string of the molecule is CCCCC(CC)COC(=O)N(N1C=NC=NC1)N(NC(=O)OC)C(=O)OC. The molecular formula is C16H28N6O6. The number of hydrogen-bond donors (Lipinski definition) is 1. The molecule has 0 aliphatic carbocycles. The van der Waals surface area contributed by atoms with E-state index in [1.807, 2.05) is 6.92 Å². The Balaban J connectivity index is 2.99. The molecule has 1 heterocycles. The van der Waals surface area contributed by atoms with Gasteiger partial charge in [-0.2, -0.15) is 0 Å². The van der Waals surface area contributed by atoms with Gasteiger partial charge in [0.15, 0.2) is 0 Å². The van der Waals surface area contributed by atoms with Gasteiger partial charge in [-0.25, -0.2) is 34.8 Å². The predicted octanol–water partition coefficient (Wildman–Crippen LogP) is 2.14. The van der Waals surface area contributed by atoms with Crippen LogP contribution < -0.4 is 5.43 Å². The molecule has 0 bridgehead atoms. The second-order valence-corrected chi connectivity index (χ2v) is 5.81. The Kier molecular flexibility index (Phi) is 10.1. The number of rotatable bonds is 7. The monoisotopic (exact) mass is 400 g/mol. The largest absolute Gasteiger partial charge is 0.452 e. The zero-order valence-corrected chi connectivity index (χ0v) is 16.7. The first kappa shape index (κ1) is 23.0. The number of nitrogens with one attached hydrogen (secondary N) is 1. The van der Waals surface area contributed by atoms with E-state index in [0.29, 0.717) is 5.12 Å². The minimum absolute atomic E-state index is 0.0397. The fourth-order valence-electron chi connectivity index (χ4n) is 2.25. The first-order valence-corrected chi connectivity index (χ1v) is 8.95. The zero-order chi connectivity index (χ0) is 20.9. The van der Waals surface area contributed by atoms with E-state index in [4.69, 9.17) is 4.74 Å². The van der Waals surface area contributed by atoms with Crippen LogP contribution in [0.15, 0.2) is 9.98 Å². The third-order valence-electron chi connectivity index (χ3n) is 3.89. The van der Waals surface area contributed by atoms with E-state index in [2.05, 4.69) is 31.8 Å². The molecule has 3 amide bonds. The van der Waals surface area contributed by atoms with E-state index < -0.39 is 18.3 Å². The minimum Gasteiger partial charge on any atom is -0.452 e. The summed E-state index contributed by atoms with van der Waals surface area (Å²) in [6.45, 7) is 4.22. The van der Waals surface area contributed by atoms with Crippen molar-refractivity contribution in [1.29, 1.82) is 0 Å². The van der Waals surface area contributed by atoms with Crippen LogP contribution in [-0.4, -0.2) is 73.7 Å². The lowest BCUT2D eigenvalue weighted by molar-refractivity contribution is -0.128. The molecule has 1 unspecified atom stereocenters. The van der Waals surface area contributed by atoms with Crippen LogP contribution in [0.5, 0.6) is 0 Å². The number of carbonyl (C=O) groups excluding carboxylic acids is 3. The molecule has 12 heteroatoms. The number of amides is 3. The number of methoxy groups -OCH3 is 2. The Labute approximate surface area is 164 Å². The normalized spacial score (nSPS) is 13.5. The maximum Gasteiger partial charge on any atom is 0.450 e. The average Bonchev–Trinajstić information content (AvgIpc) is 2.73. The van der Waals surface area contributed by atoms with Gasteiger partial charge in [-0.05, 0) is 12.3 Å². The summed E-state index contributed by atoms with van der Waals surface area (Å²) >= 11 is 0. The van der Waals surface area contributed by atoms with Crippen molar-refractivity contribution in [2.45, 2.75) is 39.5 Å². The number of ether oxygens (including phenoxy) is 3. The van der Waals surface area contributed by atoms with Crippen LogP contribution in [0, 0.1) is 5.92 Å². The summed E-state index contributed by atoms with van der Waals surface area (Å²) < 4.78 is 14.5. The fraction of sp³-hybridized carbons (Fsp3) is 0.688. The van der Waals surface area contributed by atoms with Gasteiger partial charge in [-0.15, -0.1) is 0 Å². The maximum absolute atomic E-state index is 12.8. The predicted molar refractivity (Wildman–Crippen MR) is 100.0 cm³/mol. The number of aliphatic imine (C=N–C) groups is 2. The zero-order valence-electron chi connectivity index (χ0n) is 16.7. The Morgan fingerprint density at radius 1 is 1.21 bits per heavy atom. The second kappa shape index (κ2) is 12.4. The summed E-state index contributed by atoms with van der Waals surface area (Å²) in [6, 6.07) is 0. The van der Waals surface area contributed by atoms with E-state index in [-0.39, 0.29) is 19.2 Å². The molecular weight excluding hydrogens is 372 g/mol. The van der Waals surface area contributed by atoms with Crippen LogP contribution in [0.4, 0.5) is 14.4 Å². The van der Waals surface area contributed by atoms with E-state index in [9.17, 15) is 14.4 Å². The van der Waals surface area contributed by atoms with Gasteiger partial charge in [0.25, 0.3) is 0 Å². The van der Waals surface area contributed by atoms with Crippen molar-refractivity contribution in [3.63, 3.8) is 0 Å². The van der Waals surface area contributed by atoms with Crippen LogP contribution in [0.1, 0.15) is 39.5 Å². The van der Waals surface area contributed by atoms with Crippen LogP contribution in [0.2, 0.25) is 0 Å². The van der Waals surface area contributed by atoms with Gasteiger partial charge in [0.1, 0.15) is 19.3 Å². The Hall–Kier alpha value is -3.05. The van der Waals surface area contributed by atoms with Crippen LogP contribution in [0.3, 0.4) is 0 Å². The minimum atomic E-state index is -1.05. The smallest absolute Gasteiger partial charge is 0.450 e. The quantitative estimate of drug-likeness (QED) is 0.512. The van der Waals surface area contributed by atoms with Gasteiger partial charge in [0, 0.05) is 0 Å². The van der Waals surface area contributed by atoms with E-state index in [1.165, 1.54) is 17.7 Å². The molecule has 1 aliphatic heterocycles. The molecule has 0 aromatic rings. The molecule has 0 spiro atoms. The first-order chi connectivity index (χ1) is 13.5. The summed E-state index contributed by atoms with van der Waals surface area (Å²) in [5.41, 5.74) is 2.10. The summed E-state index contributed by atoms with van der Waals surface area (Å²) in [7, 11) is 2.21. The molecule has 0 saturated carbocycles. The van der Waals surface area contributed by atoms with Gasteiger partial charge < -0.3 is 14.2 Å². The van der Waals surface area contributed by atoms with Crippen LogP contribution in [-0.2, 0) is 14.2 Å². The molecule has 0 fully saturated rings. The van der Waals surface area contributed by atoms with Crippen molar-refractivity contribution < 1.29 is 28.6 Å². The highest BCUT2D eigenvalue weighted by molar-refractivity contribution is 5.79. The molecule has 1 aliphatic rings. The number of hydrazine groups is 3. The third kappa shape index (κ3) is 6.93. The number of carbonyl (C=O) groups is 3. The maximum atomic E-state index is 12.8. The van der Waals surface area contributed by atoms with Crippen molar-refractivity contribution in [2.24, 2.45) is 15.9 Å². The van der Waals surface area contributed by atoms with Crippen molar-refractivity contribution in [3.05, 3.63) is 0 Å². The summed E-state index contributed by atoms with van der Waals surface area (Å²) in [6.07, 6.45) is 3.38. The lowest BCUT2D eigenvalue weighted by Gasteiger charge is -2.37. The molecule has 28 heavy (non-hydrogen) atoms. The molecule has 158 valence electrons. The van der Waals surface area contributed by atoms with Gasteiger partial charge in [0.2, 0.25) is 0 Å². The van der Waals surface area contributed by atoms with E-state index >= 15 is 0 Å². The number of unbranched alkanes of at least 4 members (excludes halogenated alkanes) is 1. The molecule has 0 aromatic carbocycles. The summed E-state index contributed by atoms with van der Waals surface area (Å²) in [5.74, 6) is 0.180. The molecule has 1 N–H and O–H groups in total. The summed E-state index contributed by atoms with van der Waals surface area (Å²) in [5, 5.41) is 2.42. The van der Waals surface area contributed by atoms with Crippen molar-refractivity contribution in [3.8, 4) is 0 Å². The van der Waals surface area contributed by atoms with E-state index in [1.54, 1.807) is 0 Å². The lowest BCUT2D eigenvalue weighted by Crippen LogP contribution is -2.64. The molecule has 1 atom stereocenters. The highest BCUT2D eigenvalue weighted by Gasteiger charge is 2.35. The third-order valence-corrected chi connectivity index (χ3v) is 3.89. The van der Waals surface area contributed by atoms with Crippen LogP contribution in [0.25, 0.3) is 0 Å². The van der Waals surface area contributed by atoms with Crippen molar-refractivity contribution in [1.82, 2.24) is 20.7 Å². The fourth-order valence-corrected chi connectivity index (χ4v) is 2.25. The number of hydrogen-bond acceptors (Lipinski definition) is 9. The van der Waals surface area contributed by atoms with Crippen molar-refractivity contribution in [2.75, 3.05) is 27.5 Å².